The number of hydrogen-bond acceptors (Lipinski definition) is 6. The van der Waals surface area contributed by atoms with Gasteiger partial charge in [-0.3, -0.25) is 14.4 Å². The molecule has 1 aliphatic rings. The Bertz CT molecular complexity index is 580. The number of nitrogens with two attached hydrogens (primary N) is 1. The zero-order valence-electron chi connectivity index (χ0n) is 16.1. The molecule has 1 rings (SSSR count). The molecule has 0 aromatic heterocycles. The zero-order chi connectivity index (χ0) is 20.9. The summed E-state index contributed by atoms with van der Waals surface area (Å²) in [4.78, 5) is 49.6. The van der Waals surface area contributed by atoms with Gasteiger partial charge in [0.25, 0.3) is 0 Å². The van der Waals surface area contributed by atoms with Gasteiger partial charge in [-0.25, -0.2) is 4.79 Å². The third kappa shape index (κ3) is 5.90. The molecule has 0 aliphatic carbocycles. The lowest BCUT2D eigenvalue weighted by Crippen LogP contribution is -2.58. The molecule has 0 bridgehead atoms. The van der Waals surface area contributed by atoms with E-state index in [0.717, 1.165) is 0 Å². The second-order valence-corrected chi connectivity index (χ2v) is 7.25. The van der Waals surface area contributed by atoms with Gasteiger partial charge in [0.15, 0.2) is 0 Å². The summed E-state index contributed by atoms with van der Waals surface area (Å²) in [6.07, 6.45) is -0.112. The number of carbonyl (C=O) groups is 4. The number of carbonyl (C=O) groups excluding carboxylic acids is 3. The minimum Gasteiger partial charge on any atom is -0.480 e. The molecular weight excluding hydrogens is 356 g/mol. The number of carboxylic acid groups (broad SMARTS) is 1. The molecule has 1 aliphatic heterocycles. The van der Waals surface area contributed by atoms with Crippen LogP contribution in [0.4, 0.5) is 0 Å². The Labute approximate surface area is 158 Å². The molecule has 1 heterocycles. The van der Waals surface area contributed by atoms with Crippen molar-refractivity contribution < 1.29 is 29.4 Å². The van der Waals surface area contributed by atoms with Gasteiger partial charge in [0.1, 0.15) is 24.2 Å². The van der Waals surface area contributed by atoms with Gasteiger partial charge in [-0.05, 0) is 32.6 Å². The highest BCUT2D eigenvalue weighted by molar-refractivity contribution is 5.94. The minimum absolute atomic E-state index is 0.295. The predicted molar refractivity (Wildman–Crippen MR) is 96.4 cm³/mol. The molecule has 10 heteroatoms. The number of aliphatic carboxylic acids is 1. The first-order valence-corrected chi connectivity index (χ1v) is 9.05. The lowest BCUT2D eigenvalue weighted by Gasteiger charge is -2.28. The van der Waals surface area contributed by atoms with Gasteiger partial charge in [-0.2, -0.15) is 0 Å². The van der Waals surface area contributed by atoms with Crippen molar-refractivity contribution in [2.24, 2.45) is 11.7 Å². The Balaban J connectivity index is 2.76. The van der Waals surface area contributed by atoms with Crippen molar-refractivity contribution in [3.05, 3.63) is 0 Å². The van der Waals surface area contributed by atoms with E-state index in [4.69, 9.17) is 5.73 Å². The van der Waals surface area contributed by atoms with Gasteiger partial charge >= 0.3 is 5.97 Å². The van der Waals surface area contributed by atoms with Crippen LogP contribution in [0.5, 0.6) is 0 Å². The summed E-state index contributed by atoms with van der Waals surface area (Å²) >= 11 is 0. The second kappa shape index (κ2) is 9.65. The fraction of sp³-hybridized carbons (Fsp3) is 0.765. The molecule has 0 spiro atoms. The number of nitrogens with zero attached hydrogens (tertiary/aromatic N) is 1. The normalized spacial score (nSPS) is 21.3. The van der Waals surface area contributed by atoms with Crippen LogP contribution >= 0.6 is 0 Å². The molecule has 10 nitrogen and oxygen atoms in total. The van der Waals surface area contributed by atoms with Gasteiger partial charge < -0.3 is 31.5 Å². The Hall–Kier alpha value is -2.20. The van der Waals surface area contributed by atoms with E-state index in [2.05, 4.69) is 10.6 Å². The van der Waals surface area contributed by atoms with E-state index in [-0.39, 0.29) is 5.92 Å². The van der Waals surface area contributed by atoms with Crippen LogP contribution in [0.2, 0.25) is 0 Å². The molecule has 0 saturated carbocycles. The number of likely N-dealkylation sites (tertiary alicyclic amines) is 1. The molecule has 0 aromatic rings. The van der Waals surface area contributed by atoms with Gasteiger partial charge in [0, 0.05) is 6.54 Å². The molecule has 0 aromatic carbocycles. The smallest absolute Gasteiger partial charge is 0.326 e. The Morgan fingerprint density at radius 1 is 1.07 bits per heavy atom. The molecule has 1 fully saturated rings. The number of amides is 3. The monoisotopic (exact) mass is 386 g/mol. The van der Waals surface area contributed by atoms with E-state index >= 15 is 0 Å². The van der Waals surface area contributed by atoms with Crippen molar-refractivity contribution in [1.29, 1.82) is 0 Å². The van der Waals surface area contributed by atoms with Crippen molar-refractivity contribution in [1.82, 2.24) is 15.5 Å². The number of rotatable bonds is 8. The number of carboxylic acids is 1. The van der Waals surface area contributed by atoms with Gasteiger partial charge in [0.2, 0.25) is 17.7 Å². The average molecular weight is 386 g/mol. The third-order valence-corrected chi connectivity index (χ3v) is 4.62. The highest BCUT2D eigenvalue weighted by Gasteiger charge is 2.37. The summed E-state index contributed by atoms with van der Waals surface area (Å²) in [7, 11) is 0. The largest absolute Gasteiger partial charge is 0.480 e. The van der Waals surface area contributed by atoms with Crippen LogP contribution in [0, 0.1) is 5.92 Å². The average Bonchev–Trinajstić information content (AvgIpc) is 3.07. The van der Waals surface area contributed by atoms with Crippen LogP contribution in [0.25, 0.3) is 0 Å². The summed E-state index contributed by atoms with van der Waals surface area (Å²) in [5.41, 5.74) is 5.57. The van der Waals surface area contributed by atoms with Crippen LogP contribution in [0.1, 0.15) is 40.5 Å². The maximum Gasteiger partial charge on any atom is 0.326 e. The zero-order valence-corrected chi connectivity index (χ0v) is 16.1. The SMILES string of the molecule is CC(NC(=O)C(NC(=O)C(N)C(C)O)C(C)C)C(=O)N1CCCC1C(=O)O. The Kier molecular flexibility index (Phi) is 8.17. The molecule has 5 atom stereocenters. The minimum atomic E-state index is -1.18. The van der Waals surface area contributed by atoms with Crippen molar-refractivity contribution in [3.63, 3.8) is 0 Å². The molecule has 27 heavy (non-hydrogen) atoms. The Morgan fingerprint density at radius 2 is 1.67 bits per heavy atom. The fourth-order valence-electron chi connectivity index (χ4n) is 2.90. The van der Waals surface area contributed by atoms with Crippen LogP contribution < -0.4 is 16.4 Å². The summed E-state index contributed by atoms with van der Waals surface area (Å²) in [6.45, 7) is 6.59. The fourth-order valence-corrected chi connectivity index (χ4v) is 2.90. The molecule has 1 saturated heterocycles. The summed E-state index contributed by atoms with van der Waals surface area (Å²) in [6, 6.07) is -3.96. The highest BCUT2D eigenvalue weighted by Crippen LogP contribution is 2.18. The summed E-state index contributed by atoms with van der Waals surface area (Å²) in [5, 5.41) is 23.6. The number of hydrogen-bond donors (Lipinski definition) is 5. The molecule has 0 radical (unpaired) electrons. The lowest BCUT2D eigenvalue weighted by molar-refractivity contribution is -0.149. The second-order valence-electron chi connectivity index (χ2n) is 7.25. The third-order valence-electron chi connectivity index (χ3n) is 4.62. The van der Waals surface area contributed by atoms with Crippen LogP contribution in [0.15, 0.2) is 0 Å². The van der Waals surface area contributed by atoms with E-state index in [1.807, 2.05) is 0 Å². The first-order chi connectivity index (χ1) is 12.5. The maximum atomic E-state index is 12.5. The number of aliphatic hydroxyl groups is 1. The predicted octanol–water partition coefficient (Wildman–Crippen LogP) is -1.58. The molecule has 6 N–H and O–H groups in total. The standard InChI is InChI=1S/C17H30N4O6/c1-8(2)13(20-14(23)12(18)10(4)22)15(24)19-9(3)16(25)21-7-5-6-11(21)17(26)27/h8-13,22H,5-7,18H2,1-4H3,(H,19,24)(H,20,23)(H,26,27). The van der Waals surface area contributed by atoms with Crippen LogP contribution in [0.3, 0.4) is 0 Å². The number of nitrogens with one attached hydrogen (secondary N) is 2. The number of aliphatic hydroxyl groups excluding tert-OH is 1. The highest BCUT2D eigenvalue weighted by atomic mass is 16.4. The molecule has 3 amide bonds. The summed E-state index contributed by atoms with van der Waals surface area (Å²) in [5.74, 6) is -3.11. The van der Waals surface area contributed by atoms with E-state index in [1.165, 1.54) is 18.7 Å². The van der Waals surface area contributed by atoms with Gasteiger partial charge in [-0.1, -0.05) is 13.8 Å². The molecular formula is C17H30N4O6. The summed E-state index contributed by atoms with van der Waals surface area (Å²) < 4.78 is 0. The maximum absolute atomic E-state index is 12.5. The first-order valence-electron chi connectivity index (χ1n) is 9.05. The van der Waals surface area contributed by atoms with Crippen LogP contribution in [-0.2, 0) is 19.2 Å². The van der Waals surface area contributed by atoms with Crippen molar-refractivity contribution in [3.8, 4) is 0 Å². The van der Waals surface area contributed by atoms with Gasteiger partial charge in [0.05, 0.1) is 6.10 Å². The van der Waals surface area contributed by atoms with E-state index in [1.54, 1.807) is 13.8 Å². The topological polar surface area (TPSA) is 162 Å². The molecule has 154 valence electrons. The van der Waals surface area contributed by atoms with Gasteiger partial charge in [-0.15, -0.1) is 0 Å². The quantitative estimate of drug-likeness (QED) is 0.336. The first kappa shape index (κ1) is 22.8. The van der Waals surface area contributed by atoms with Crippen molar-refractivity contribution in [2.45, 2.75) is 70.8 Å². The lowest BCUT2D eigenvalue weighted by atomic mass is 10.0. The van der Waals surface area contributed by atoms with E-state index in [9.17, 15) is 29.4 Å². The van der Waals surface area contributed by atoms with Crippen molar-refractivity contribution in [2.75, 3.05) is 6.54 Å². The Morgan fingerprint density at radius 3 is 2.15 bits per heavy atom. The molecule has 5 unspecified atom stereocenters. The van der Waals surface area contributed by atoms with E-state index < -0.39 is 54.0 Å². The van der Waals surface area contributed by atoms with Crippen LogP contribution in [-0.4, -0.2) is 75.6 Å². The van der Waals surface area contributed by atoms with E-state index in [0.29, 0.717) is 19.4 Å². The van der Waals surface area contributed by atoms with Crippen molar-refractivity contribution >= 4 is 23.7 Å².